The number of ether oxygens (including phenoxy) is 1. The van der Waals surface area contributed by atoms with Gasteiger partial charge in [-0.25, -0.2) is 0 Å². The molecule has 1 aliphatic carbocycles. The Bertz CT molecular complexity index is 973. The van der Waals surface area contributed by atoms with Crippen molar-refractivity contribution in [3.05, 3.63) is 53.6 Å². The van der Waals surface area contributed by atoms with Crippen molar-refractivity contribution in [2.75, 3.05) is 23.8 Å². The number of aliphatic carboxylic acids is 1. The van der Waals surface area contributed by atoms with Crippen LogP contribution in [0.25, 0.3) is 0 Å². The van der Waals surface area contributed by atoms with Crippen LogP contribution in [-0.4, -0.2) is 42.3 Å². The number of hydrogen-bond donors (Lipinski definition) is 4. The average Bonchev–Trinajstić information content (AvgIpc) is 2.97. The van der Waals surface area contributed by atoms with E-state index in [9.17, 15) is 4.79 Å². The van der Waals surface area contributed by atoms with Crippen molar-refractivity contribution in [3.8, 4) is 0 Å². The highest BCUT2D eigenvalue weighted by atomic mass is 16.5. The first-order chi connectivity index (χ1) is 15.5. The van der Waals surface area contributed by atoms with E-state index in [0.29, 0.717) is 6.04 Å². The second-order valence-corrected chi connectivity index (χ2v) is 8.64. The Morgan fingerprint density at radius 2 is 1.81 bits per heavy atom. The molecule has 1 saturated carbocycles. The van der Waals surface area contributed by atoms with Gasteiger partial charge in [-0.2, -0.15) is 0 Å². The molecule has 7 heteroatoms. The lowest BCUT2D eigenvalue weighted by Gasteiger charge is -2.39. The van der Waals surface area contributed by atoms with E-state index in [1.165, 1.54) is 11.1 Å². The number of carbonyl (C=O) groups is 2. The molecule has 2 aromatic carbocycles. The molecule has 1 amide bonds. The third-order valence-electron chi connectivity index (χ3n) is 6.33. The summed E-state index contributed by atoms with van der Waals surface area (Å²) < 4.78 is 5.83. The number of carboxylic acid groups (broad SMARTS) is 1. The monoisotopic (exact) mass is 437 g/mol. The highest BCUT2D eigenvalue weighted by molar-refractivity contribution is 5.93. The Hall–Kier alpha value is -2.90. The number of fused-ring (bicyclic) bond motifs is 3. The standard InChI is InChI=1S/C23H27N3O2.C2H4O2/c27-23(17-8-10-22-21(13-17)24-11-12-28-22)25-18-9-7-16-6-5-15-3-1-2-4-19(15)26-20(16)14-18;1-2(3)4/h1-4,7,9,14,17,21-22,24,26H,5-6,8,10-13H2,(H,25,27);1H3,(H,3,4)/t17-,21+,22+;/m0./s1. The summed E-state index contributed by atoms with van der Waals surface area (Å²) in [6.07, 6.45) is 5.01. The van der Waals surface area contributed by atoms with E-state index in [-0.39, 0.29) is 17.9 Å². The second kappa shape index (κ2) is 10.1. The van der Waals surface area contributed by atoms with Crippen LogP contribution in [0.2, 0.25) is 0 Å². The Balaban J connectivity index is 0.000000567. The fourth-order valence-corrected chi connectivity index (χ4v) is 4.76. The highest BCUT2D eigenvalue weighted by Crippen LogP contribution is 2.33. The minimum Gasteiger partial charge on any atom is -0.481 e. The summed E-state index contributed by atoms with van der Waals surface area (Å²) in [6, 6.07) is 15.0. The van der Waals surface area contributed by atoms with Gasteiger partial charge in [0.25, 0.3) is 5.97 Å². The fraction of sp³-hybridized carbons (Fsp3) is 0.440. The van der Waals surface area contributed by atoms with Crippen molar-refractivity contribution in [2.45, 2.75) is 51.2 Å². The minimum atomic E-state index is -0.833. The number of nitrogens with one attached hydrogen (secondary N) is 3. The van der Waals surface area contributed by atoms with Crippen molar-refractivity contribution >= 4 is 28.9 Å². The maximum Gasteiger partial charge on any atom is 0.300 e. The van der Waals surface area contributed by atoms with Crippen molar-refractivity contribution < 1.29 is 19.4 Å². The second-order valence-electron chi connectivity index (χ2n) is 8.64. The van der Waals surface area contributed by atoms with Gasteiger partial charge in [0.05, 0.1) is 12.7 Å². The number of rotatable bonds is 2. The minimum absolute atomic E-state index is 0.0444. The maximum absolute atomic E-state index is 12.9. The molecule has 2 fully saturated rings. The lowest BCUT2D eigenvalue weighted by atomic mass is 9.82. The molecule has 0 spiro atoms. The Morgan fingerprint density at radius 1 is 1.06 bits per heavy atom. The Kier molecular flexibility index (Phi) is 7.07. The van der Waals surface area contributed by atoms with Gasteiger partial charge >= 0.3 is 0 Å². The molecule has 0 bridgehead atoms. The van der Waals surface area contributed by atoms with Crippen molar-refractivity contribution in [1.29, 1.82) is 0 Å². The van der Waals surface area contributed by atoms with Crippen LogP contribution in [-0.2, 0) is 27.2 Å². The third kappa shape index (κ3) is 5.47. The van der Waals surface area contributed by atoms with Gasteiger partial charge in [0.15, 0.2) is 0 Å². The summed E-state index contributed by atoms with van der Waals surface area (Å²) >= 11 is 0. The van der Waals surface area contributed by atoms with E-state index in [2.05, 4.69) is 52.3 Å². The van der Waals surface area contributed by atoms with E-state index in [0.717, 1.165) is 69.2 Å². The number of para-hydroxylation sites is 1. The predicted octanol–water partition coefficient (Wildman–Crippen LogP) is 3.72. The summed E-state index contributed by atoms with van der Waals surface area (Å²) in [5.74, 6) is -0.664. The first-order valence-corrected chi connectivity index (χ1v) is 11.3. The van der Waals surface area contributed by atoms with Gasteiger partial charge in [0.1, 0.15) is 0 Å². The number of carboxylic acids is 1. The molecule has 0 aromatic heterocycles. The zero-order valence-corrected chi connectivity index (χ0v) is 18.4. The quantitative estimate of drug-likeness (QED) is 0.572. The average molecular weight is 438 g/mol. The number of benzene rings is 2. The maximum atomic E-state index is 12.9. The van der Waals surface area contributed by atoms with Crippen molar-refractivity contribution in [1.82, 2.24) is 5.32 Å². The van der Waals surface area contributed by atoms with Crippen LogP contribution in [0.4, 0.5) is 17.1 Å². The lowest BCUT2D eigenvalue weighted by molar-refractivity contribution is -0.134. The summed E-state index contributed by atoms with van der Waals surface area (Å²) in [4.78, 5) is 21.9. The summed E-state index contributed by atoms with van der Waals surface area (Å²) in [7, 11) is 0. The Labute approximate surface area is 188 Å². The zero-order valence-electron chi connectivity index (χ0n) is 18.4. The first kappa shape index (κ1) is 22.3. The molecule has 0 radical (unpaired) electrons. The van der Waals surface area contributed by atoms with Crippen LogP contribution in [0.15, 0.2) is 42.5 Å². The molecule has 2 aliphatic heterocycles. The molecular weight excluding hydrogens is 406 g/mol. The number of morpholine rings is 1. The topological polar surface area (TPSA) is 99.7 Å². The molecule has 170 valence electrons. The van der Waals surface area contributed by atoms with Gasteiger partial charge in [-0.1, -0.05) is 24.3 Å². The number of carbonyl (C=O) groups excluding carboxylic acids is 1. The first-order valence-electron chi connectivity index (χ1n) is 11.3. The molecule has 2 aromatic rings. The van der Waals surface area contributed by atoms with Crippen molar-refractivity contribution in [3.63, 3.8) is 0 Å². The molecule has 3 atom stereocenters. The molecule has 32 heavy (non-hydrogen) atoms. The van der Waals surface area contributed by atoms with Crippen LogP contribution in [0, 0.1) is 5.92 Å². The van der Waals surface area contributed by atoms with E-state index in [1.807, 2.05) is 6.07 Å². The van der Waals surface area contributed by atoms with Gasteiger partial charge in [-0.3, -0.25) is 9.59 Å². The van der Waals surface area contributed by atoms with Crippen LogP contribution < -0.4 is 16.0 Å². The van der Waals surface area contributed by atoms with Crippen LogP contribution in [0.1, 0.15) is 37.3 Å². The summed E-state index contributed by atoms with van der Waals surface area (Å²) in [5, 5.41) is 17.6. The number of amides is 1. The molecule has 7 nitrogen and oxygen atoms in total. The Morgan fingerprint density at radius 3 is 2.62 bits per heavy atom. The number of anilines is 3. The normalized spacial score (nSPS) is 23.6. The summed E-state index contributed by atoms with van der Waals surface area (Å²) in [6.45, 7) is 2.75. The van der Waals surface area contributed by atoms with Gasteiger partial charge in [-0.05, 0) is 61.4 Å². The molecular formula is C25H31N3O4. The number of aryl methyl sites for hydroxylation is 2. The highest BCUT2D eigenvalue weighted by Gasteiger charge is 2.35. The molecule has 1 saturated heterocycles. The third-order valence-corrected chi connectivity index (χ3v) is 6.33. The molecule has 4 N–H and O–H groups in total. The summed E-state index contributed by atoms with van der Waals surface area (Å²) in [5.41, 5.74) is 5.74. The van der Waals surface area contributed by atoms with E-state index >= 15 is 0 Å². The molecule has 0 unspecified atom stereocenters. The van der Waals surface area contributed by atoms with Gasteiger partial charge < -0.3 is 25.8 Å². The van der Waals surface area contributed by atoms with Crippen molar-refractivity contribution in [2.24, 2.45) is 5.92 Å². The van der Waals surface area contributed by atoms with Crippen LogP contribution >= 0.6 is 0 Å². The number of hydrogen-bond acceptors (Lipinski definition) is 5. The molecule has 2 heterocycles. The van der Waals surface area contributed by atoms with E-state index < -0.39 is 5.97 Å². The fourth-order valence-electron chi connectivity index (χ4n) is 4.76. The predicted molar refractivity (Wildman–Crippen MR) is 124 cm³/mol. The van der Waals surface area contributed by atoms with Gasteiger partial charge in [0, 0.05) is 42.5 Å². The van der Waals surface area contributed by atoms with Gasteiger partial charge in [-0.15, -0.1) is 0 Å². The van der Waals surface area contributed by atoms with Gasteiger partial charge in [0.2, 0.25) is 5.91 Å². The van der Waals surface area contributed by atoms with E-state index in [4.69, 9.17) is 14.6 Å². The molecule has 3 aliphatic rings. The molecule has 5 rings (SSSR count). The largest absolute Gasteiger partial charge is 0.481 e. The zero-order chi connectivity index (χ0) is 22.5. The smallest absolute Gasteiger partial charge is 0.300 e. The van der Waals surface area contributed by atoms with Crippen LogP contribution in [0.5, 0.6) is 0 Å². The van der Waals surface area contributed by atoms with E-state index in [1.54, 1.807) is 0 Å². The van der Waals surface area contributed by atoms with Crippen LogP contribution in [0.3, 0.4) is 0 Å². The SMILES string of the molecule is CC(=O)O.O=C(Nc1ccc2c(c1)Nc1ccccc1CC2)[C@H]1CC[C@H]2OCCN[C@@H]2C1. The lowest BCUT2D eigenvalue weighted by Crippen LogP contribution is -2.52.